The van der Waals surface area contributed by atoms with Gasteiger partial charge >= 0.3 is 0 Å². The minimum absolute atomic E-state index is 0.0181. The third-order valence-electron chi connectivity index (χ3n) is 2.78. The SMILES string of the molecule is CC1=NC(C#N)=C(C#N)N[C@@H](c2ccccc2)C1. The molecule has 4 nitrogen and oxygen atoms in total. The van der Waals surface area contributed by atoms with E-state index < -0.39 is 0 Å². The summed E-state index contributed by atoms with van der Waals surface area (Å²) in [6, 6.07) is 13.8. The number of nitrogens with one attached hydrogen (secondary N) is 1. The Morgan fingerprint density at radius 3 is 2.56 bits per heavy atom. The van der Waals surface area contributed by atoms with Crippen LogP contribution in [0.5, 0.6) is 0 Å². The molecule has 1 aliphatic heterocycles. The molecular weight excluding hydrogens is 224 g/mol. The Labute approximate surface area is 106 Å². The molecular formula is C14H12N4. The van der Waals surface area contributed by atoms with Crippen molar-refractivity contribution in [2.24, 2.45) is 4.99 Å². The molecule has 0 aromatic heterocycles. The van der Waals surface area contributed by atoms with Crippen molar-refractivity contribution >= 4 is 5.71 Å². The van der Waals surface area contributed by atoms with Gasteiger partial charge in [0.15, 0.2) is 11.4 Å². The van der Waals surface area contributed by atoms with Crippen LogP contribution in [0.4, 0.5) is 0 Å². The fraction of sp³-hybridized carbons (Fsp3) is 0.214. The first-order valence-electron chi connectivity index (χ1n) is 5.64. The fourth-order valence-electron chi connectivity index (χ4n) is 1.93. The van der Waals surface area contributed by atoms with Crippen molar-refractivity contribution < 1.29 is 0 Å². The number of nitriles is 2. The maximum Gasteiger partial charge on any atom is 0.174 e. The largest absolute Gasteiger partial charge is 0.367 e. The van der Waals surface area contributed by atoms with Crippen molar-refractivity contribution in [3.8, 4) is 12.1 Å². The molecule has 1 heterocycles. The summed E-state index contributed by atoms with van der Waals surface area (Å²) in [5.41, 5.74) is 2.33. The molecule has 88 valence electrons. The van der Waals surface area contributed by atoms with Gasteiger partial charge in [0.2, 0.25) is 0 Å². The Hall–Kier alpha value is -2.59. The number of allylic oxidation sites excluding steroid dienone is 2. The van der Waals surface area contributed by atoms with E-state index in [9.17, 15) is 0 Å². The lowest BCUT2D eigenvalue weighted by Crippen LogP contribution is -2.21. The average Bonchev–Trinajstić information content (AvgIpc) is 2.58. The predicted octanol–water partition coefficient (Wildman–Crippen LogP) is 2.44. The normalized spacial score (nSPS) is 19.1. The predicted molar refractivity (Wildman–Crippen MR) is 68.3 cm³/mol. The van der Waals surface area contributed by atoms with Gasteiger partial charge in [-0.2, -0.15) is 10.5 Å². The van der Waals surface area contributed by atoms with Gasteiger partial charge < -0.3 is 5.32 Å². The molecule has 0 unspecified atom stereocenters. The Balaban J connectivity index is 2.40. The van der Waals surface area contributed by atoms with Gasteiger partial charge in [0.25, 0.3) is 0 Å². The van der Waals surface area contributed by atoms with E-state index in [0.717, 1.165) is 11.3 Å². The molecule has 1 aliphatic rings. The first-order valence-corrected chi connectivity index (χ1v) is 5.64. The van der Waals surface area contributed by atoms with Crippen molar-refractivity contribution in [2.45, 2.75) is 19.4 Å². The number of benzene rings is 1. The van der Waals surface area contributed by atoms with Crippen LogP contribution in [0.15, 0.2) is 46.7 Å². The van der Waals surface area contributed by atoms with Gasteiger partial charge in [-0.3, -0.25) is 0 Å². The summed E-state index contributed by atoms with van der Waals surface area (Å²) in [7, 11) is 0. The molecule has 18 heavy (non-hydrogen) atoms. The molecule has 1 N–H and O–H groups in total. The zero-order valence-corrected chi connectivity index (χ0v) is 10.0. The van der Waals surface area contributed by atoms with Crippen LogP contribution in [-0.4, -0.2) is 5.71 Å². The zero-order chi connectivity index (χ0) is 13.0. The van der Waals surface area contributed by atoms with Gasteiger partial charge in [0.05, 0.1) is 6.04 Å². The van der Waals surface area contributed by atoms with Crippen molar-refractivity contribution in [2.75, 3.05) is 0 Å². The highest BCUT2D eigenvalue weighted by molar-refractivity contribution is 5.84. The highest BCUT2D eigenvalue weighted by Crippen LogP contribution is 2.22. The third kappa shape index (κ3) is 2.39. The van der Waals surface area contributed by atoms with Crippen molar-refractivity contribution in [1.29, 1.82) is 10.5 Å². The molecule has 0 amide bonds. The highest BCUT2D eigenvalue weighted by Gasteiger charge is 2.19. The van der Waals surface area contributed by atoms with Crippen LogP contribution in [0.3, 0.4) is 0 Å². The first kappa shape index (κ1) is 11.9. The lowest BCUT2D eigenvalue weighted by molar-refractivity contribution is 0.634. The van der Waals surface area contributed by atoms with Crippen LogP contribution in [0.1, 0.15) is 24.9 Å². The van der Waals surface area contributed by atoms with E-state index in [4.69, 9.17) is 10.5 Å². The Bertz CT molecular complexity index is 584. The van der Waals surface area contributed by atoms with Gasteiger partial charge in [0, 0.05) is 12.1 Å². The molecule has 1 aromatic carbocycles. The second-order valence-corrected chi connectivity index (χ2v) is 4.11. The zero-order valence-electron chi connectivity index (χ0n) is 10.0. The molecule has 2 rings (SSSR count). The van der Waals surface area contributed by atoms with Crippen LogP contribution >= 0.6 is 0 Å². The van der Waals surface area contributed by atoms with E-state index >= 15 is 0 Å². The second-order valence-electron chi connectivity index (χ2n) is 4.11. The van der Waals surface area contributed by atoms with Crippen molar-refractivity contribution in [1.82, 2.24) is 5.32 Å². The highest BCUT2D eigenvalue weighted by atomic mass is 15.0. The van der Waals surface area contributed by atoms with Crippen LogP contribution in [0, 0.1) is 22.7 Å². The van der Waals surface area contributed by atoms with E-state index in [1.165, 1.54) is 0 Å². The summed E-state index contributed by atoms with van der Waals surface area (Å²) in [5.74, 6) is 0. The third-order valence-corrected chi connectivity index (χ3v) is 2.78. The molecule has 0 aliphatic carbocycles. The van der Waals surface area contributed by atoms with Crippen molar-refractivity contribution in [3.63, 3.8) is 0 Å². The Morgan fingerprint density at radius 2 is 1.94 bits per heavy atom. The molecule has 1 aromatic rings. The molecule has 0 spiro atoms. The molecule has 0 fully saturated rings. The van der Waals surface area contributed by atoms with Gasteiger partial charge in [-0.05, 0) is 12.5 Å². The van der Waals surface area contributed by atoms with Crippen LogP contribution in [0.25, 0.3) is 0 Å². The van der Waals surface area contributed by atoms with Crippen LogP contribution in [0.2, 0.25) is 0 Å². The van der Waals surface area contributed by atoms with Gasteiger partial charge in [-0.15, -0.1) is 0 Å². The minimum Gasteiger partial charge on any atom is -0.367 e. The maximum atomic E-state index is 9.08. The number of hydrogen-bond donors (Lipinski definition) is 1. The van der Waals surface area contributed by atoms with Gasteiger partial charge in [-0.25, -0.2) is 4.99 Å². The first-order chi connectivity index (χ1) is 8.74. The number of rotatable bonds is 1. The topological polar surface area (TPSA) is 72.0 Å². The summed E-state index contributed by atoms with van der Waals surface area (Å²) < 4.78 is 0. The maximum absolute atomic E-state index is 9.08. The lowest BCUT2D eigenvalue weighted by atomic mass is 10.0. The van der Waals surface area contributed by atoms with Gasteiger partial charge in [0.1, 0.15) is 12.1 Å². The molecule has 0 radical (unpaired) electrons. The summed E-state index contributed by atoms with van der Waals surface area (Å²) in [6.07, 6.45) is 0.681. The van der Waals surface area contributed by atoms with E-state index in [-0.39, 0.29) is 17.4 Å². The van der Waals surface area contributed by atoms with Crippen molar-refractivity contribution in [3.05, 3.63) is 47.3 Å². The van der Waals surface area contributed by atoms with E-state index in [1.54, 1.807) is 0 Å². The van der Waals surface area contributed by atoms with Crippen LogP contribution < -0.4 is 5.32 Å². The molecule has 0 saturated heterocycles. The average molecular weight is 236 g/mol. The Morgan fingerprint density at radius 1 is 1.22 bits per heavy atom. The monoisotopic (exact) mass is 236 g/mol. The number of nitrogens with zero attached hydrogens (tertiary/aromatic N) is 3. The standard InChI is InChI=1S/C14H12N4/c1-10-7-12(11-5-3-2-4-6-11)18-14(9-16)13(8-15)17-10/h2-6,12,18H,7H2,1H3/t12-/m1/s1. The summed E-state index contributed by atoms with van der Waals surface area (Å²) in [6.45, 7) is 1.87. The number of hydrogen-bond acceptors (Lipinski definition) is 4. The Kier molecular flexibility index (Phi) is 3.41. The molecule has 1 atom stereocenters. The molecule has 0 bridgehead atoms. The molecule has 4 heteroatoms. The smallest absolute Gasteiger partial charge is 0.174 e. The van der Waals surface area contributed by atoms with E-state index in [0.29, 0.717) is 6.42 Å². The van der Waals surface area contributed by atoms with E-state index in [2.05, 4.69) is 10.3 Å². The molecule has 0 saturated carbocycles. The fourth-order valence-corrected chi connectivity index (χ4v) is 1.93. The van der Waals surface area contributed by atoms with E-state index in [1.807, 2.05) is 49.4 Å². The summed E-state index contributed by atoms with van der Waals surface area (Å²) >= 11 is 0. The lowest BCUT2D eigenvalue weighted by Gasteiger charge is -2.17. The van der Waals surface area contributed by atoms with Crippen LogP contribution in [-0.2, 0) is 0 Å². The number of aliphatic imine (C=N–C) groups is 1. The minimum atomic E-state index is -0.0181. The second kappa shape index (κ2) is 5.16. The summed E-state index contributed by atoms with van der Waals surface area (Å²) in [5, 5.41) is 21.2. The van der Waals surface area contributed by atoms with Gasteiger partial charge in [-0.1, -0.05) is 30.3 Å². The quantitative estimate of drug-likeness (QED) is 0.814. The summed E-state index contributed by atoms with van der Waals surface area (Å²) in [4.78, 5) is 4.17.